The lowest BCUT2D eigenvalue weighted by molar-refractivity contribution is -0.135. The second-order valence-electron chi connectivity index (χ2n) is 6.80. The maximum Gasteiger partial charge on any atom is 0.352 e. The largest absolute Gasteiger partial charge is 0.352 e. The van der Waals surface area contributed by atoms with Gasteiger partial charge in [0.1, 0.15) is 6.54 Å². The first-order chi connectivity index (χ1) is 11.9. The van der Waals surface area contributed by atoms with E-state index in [1.807, 2.05) is 63.5 Å². The van der Waals surface area contributed by atoms with Crippen LogP contribution < -0.4 is 5.69 Å². The minimum absolute atomic E-state index is 0.0467. The van der Waals surface area contributed by atoms with E-state index in [-0.39, 0.29) is 30.2 Å². The molecule has 0 saturated heterocycles. The van der Waals surface area contributed by atoms with Gasteiger partial charge in [-0.3, -0.25) is 4.79 Å². The van der Waals surface area contributed by atoms with Crippen LogP contribution in [0.15, 0.2) is 29.1 Å². The number of hydrogen-bond acceptors (Lipinski definition) is 3. The Bertz CT molecular complexity index is 969. The molecule has 2 aromatic heterocycles. The van der Waals surface area contributed by atoms with Gasteiger partial charge >= 0.3 is 5.69 Å². The van der Waals surface area contributed by atoms with E-state index in [9.17, 15) is 9.59 Å². The zero-order chi connectivity index (χ0) is 18.3. The molecule has 2 heterocycles. The van der Waals surface area contributed by atoms with Gasteiger partial charge in [0.05, 0.1) is 11.0 Å². The van der Waals surface area contributed by atoms with E-state index in [4.69, 9.17) is 0 Å². The maximum absolute atomic E-state index is 12.8. The number of carbonyl (C=O) groups excluding carboxylic acids is 1. The van der Waals surface area contributed by atoms with Crippen molar-refractivity contribution in [2.45, 2.75) is 59.8 Å². The zero-order valence-corrected chi connectivity index (χ0v) is 15.4. The minimum Gasteiger partial charge on any atom is -0.336 e. The number of rotatable bonds is 5. The first kappa shape index (κ1) is 17.3. The molecule has 0 N–H and O–H groups in total. The van der Waals surface area contributed by atoms with Gasteiger partial charge in [-0.25, -0.2) is 13.9 Å². The van der Waals surface area contributed by atoms with Crippen molar-refractivity contribution in [2.75, 3.05) is 0 Å². The summed E-state index contributed by atoms with van der Waals surface area (Å²) in [6.45, 7) is 10.6. The molecule has 0 unspecified atom stereocenters. The average molecular weight is 343 g/mol. The number of amides is 1. The highest BCUT2D eigenvalue weighted by Crippen LogP contribution is 2.18. The second kappa shape index (κ2) is 6.38. The molecule has 0 atom stereocenters. The molecular weight excluding hydrogens is 318 g/mol. The molecule has 3 rings (SSSR count). The van der Waals surface area contributed by atoms with Gasteiger partial charge in [0.2, 0.25) is 11.7 Å². The van der Waals surface area contributed by atoms with E-state index in [1.54, 1.807) is 9.30 Å². The molecule has 134 valence electrons. The van der Waals surface area contributed by atoms with Crippen LogP contribution in [0.25, 0.3) is 16.8 Å². The second-order valence-corrected chi connectivity index (χ2v) is 6.80. The Morgan fingerprint density at radius 1 is 1.12 bits per heavy atom. The number of para-hydroxylation sites is 2. The van der Waals surface area contributed by atoms with Gasteiger partial charge in [-0.15, -0.1) is 5.10 Å². The minimum atomic E-state index is -0.279. The molecule has 0 spiro atoms. The Kier molecular flexibility index (Phi) is 4.41. The molecule has 0 fully saturated rings. The Hall–Kier alpha value is -2.57. The number of carbonyl (C=O) groups is 1. The predicted molar refractivity (Wildman–Crippen MR) is 97.7 cm³/mol. The van der Waals surface area contributed by atoms with Crippen LogP contribution in [-0.2, 0) is 17.9 Å². The highest BCUT2D eigenvalue weighted by atomic mass is 16.2. The van der Waals surface area contributed by atoms with E-state index in [0.717, 1.165) is 11.0 Å². The highest BCUT2D eigenvalue weighted by Gasteiger charge is 2.23. The van der Waals surface area contributed by atoms with Crippen LogP contribution in [0.5, 0.6) is 0 Å². The number of aromatic nitrogens is 4. The lowest BCUT2D eigenvalue weighted by Gasteiger charge is -2.30. The van der Waals surface area contributed by atoms with Gasteiger partial charge in [0.15, 0.2) is 0 Å². The summed E-state index contributed by atoms with van der Waals surface area (Å²) in [6, 6.07) is 7.87. The van der Waals surface area contributed by atoms with Crippen molar-refractivity contribution in [3.05, 3.63) is 34.7 Å². The lowest BCUT2D eigenvalue weighted by atomic mass is 10.2. The maximum atomic E-state index is 12.8. The van der Waals surface area contributed by atoms with E-state index < -0.39 is 0 Å². The van der Waals surface area contributed by atoms with Gasteiger partial charge in [0, 0.05) is 18.6 Å². The van der Waals surface area contributed by atoms with Crippen LogP contribution in [0.3, 0.4) is 0 Å². The normalized spacial score (nSPS) is 12.0. The molecule has 1 amide bonds. The molecule has 3 aromatic rings. The molecule has 0 saturated carbocycles. The van der Waals surface area contributed by atoms with Crippen molar-refractivity contribution < 1.29 is 4.79 Å². The number of aryl methyl sites for hydroxylation is 1. The predicted octanol–water partition coefficient (Wildman–Crippen LogP) is 2.12. The zero-order valence-electron chi connectivity index (χ0n) is 15.4. The van der Waals surface area contributed by atoms with Crippen molar-refractivity contribution in [1.82, 2.24) is 23.6 Å². The summed E-state index contributed by atoms with van der Waals surface area (Å²) in [7, 11) is 0. The summed E-state index contributed by atoms with van der Waals surface area (Å²) < 4.78 is 4.84. The van der Waals surface area contributed by atoms with Crippen LogP contribution in [0, 0.1) is 0 Å². The molecule has 7 nitrogen and oxygen atoms in total. The van der Waals surface area contributed by atoms with E-state index in [0.29, 0.717) is 12.3 Å². The van der Waals surface area contributed by atoms with Crippen LogP contribution >= 0.6 is 0 Å². The lowest BCUT2D eigenvalue weighted by Crippen LogP contribution is -2.45. The smallest absolute Gasteiger partial charge is 0.336 e. The van der Waals surface area contributed by atoms with Gasteiger partial charge < -0.3 is 9.47 Å². The first-order valence-electron chi connectivity index (χ1n) is 8.74. The van der Waals surface area contributed by atoms with Crippen LogP contribution in [0.4, 0.5) is 0 Å². The highest BCUT2D eigenvalue weighted by molar-refractivity contribution is 5.81. The first-order valence-corrected chi connectivity index (χ1v) is 8.74. The van der Waals surface area contributed by atoms with Crippen LogP contribution in [0.1, 0.15) is 34.6 Å². The van der Waals surface area contributed by atoms with Gasteiger partial charge in [-0.05, 0) is 46.8 Å². The monoisotopic (exact) mass is 343 g/mol. The van der Waals surface area contributed by atoms with Crippen molar-refractivity contribution >= 4 is 22.7 Å². The Labute approximate surface area is 146 Å². The quantitative estimate of drug-likeness (QED) is 0.713. The third-order valence-corrected chi connectivity index (χ3v) is 4.48. The van der Waals surface area contributed by atoms with Crippen molar-refractivity contribution in [2.24, 2.45) is 0 Å². The van der Waals surface area contributed by atoms with E-state index in [2.05, 4.69) is 5.10 Å². The van der Waals surface area contributed by atoms with Crippen molar-refractivity contribution in [1.29, 1.82) is 0 Å². The van der Waals surface area contributed by atoms with Crippen LogP contribution in [-0.4, -0.2) is 41.6 Å². The molecule has 1 aromatic carbocycles. The number of hydrogen-bond donors (Lipinski definition) is 0. The molecule has 0 aliphatic rings. The third-order valence-electron chi connectivity index (χ3n) is 4.48. The molecule has 0 radical (unpaired) electrons. The summed E-state index contributed by atoms with van der Waals surface area (Å²) in [5, 5.41) is 4.44. The Morgan fingerprint density at radius 3 is 2.28 bits per heavy atom. The molecule has 0 aliphatic carbocycles. The summed E-state index contributed by atoms with van der Waals surface area (Å²) in [4.78, 5) is 27.3. The Morgan fingerprint density at radius 2 is 1.72 bits per heavy atom. The van der Waals surface area contributed by atoms with Gasteiger partial charge in [0.25, 0.3) is 0 Å². The summed E-state index contributed by atoms with van der Waals surface area (Å²) >= 11 is 0. The van der Waals surface area contributed by atoms with Gasteiger partial charge in [-0.2, -0.15) is 0 Å². The number of imidazole rings is 1. The number of nitrogens with zero attached hydrogens (tertiary/aromatic N) is 5. The summed E-state index contributed by atoms with van der Waals surface area (Å²) in [6.07, 6.45) is 0. The van der Waals surface area contributed by atoms with Gasteiger partial charge in [-0.1, -0.05) is 12.1 Å². The molecular formula is C18H25N5O2. The standard InChI is InChI=1S/C18H25N5O2/c1-6-20-14-9-7-8-10-15(14)23-17(20)19-21(18(23)25)11-16(24)22(12(2)3)13(4)5/h7-10,12-13H,6,11H2,1-5H3. The van der Waals surface area contributed by atoms with Crippen LogP contribution in [0.2, 0.25) is 0 Å². The van der Waals surface area contributed by atoms with Crippen molar-refractivity contribution in [3.63, 3.8) is 0 Å². The summed E-state index contributed by atoms with van der Waals surface area (Å²) in [5.41, 5.74) is 1.50. The topological polar surface area (TPSA) is 64.5 Å². The number of benzene rings is 1. The van der Waals surface area contributed by atoms with Crippen molar-refractivity contribution in [3.8, 4) is 0 Å². The molecule has 0 bridgehead atoms. The molecule has 25 heavy (non-hydrogen) atoms. The molecule has 7 heteroatoms. The number of fused-ring (bicyclic) bond motifs is 3. The average Bonchev–Trinajstić information content (AvgIpc) is 3.01. The Balaban J connectivity index is 2.09. The summed E-state index contributed by atoms with van der Waals surface area (Å²) in [5.74, 6) is 0.474. The van der Waals surface area contributed by atoms with E-state index in [1.165, 1.54) is 4.68 Å². The fraction of sp³-hybridized carbons (Fsp3) is 0.500. The fourth-order valence-corrected chi connectivity index (χ4v) is 3.57. The SMILES string of the molecule is CCn1c2ccccc2n2c(=O)n(CC(=O)N(C(C)C)C(C)C)nc12. The van der Waals surface area contributed by atoms with E-state index >= 15 is 0 Å². The fourth-order valence-electron chi connectivity index (χ4n) is 3.57. The third kappa shape index (κ3) is 2.73. The molecule has 0 aliphatic heterocycles.